The number of aliphatic imine (C=N–C) groups is 2. The molecule has 24 heavy (non-hydrogen) atoms. The Morgan fingerprint density at radius 2 is 2.04 bits per heavy atom. The first-order valence-corrected chi connectivity index (χ1v) is 8.07. The highest BCUT2D eigenvalue weighted by atomic mass is 35.5. The Kier molecular flexibility index (Phi) is 7.17. The summed E-state index contributed by atoms with van der Waals surface area (Å²) >= 11 is 6.03. The predicted octanol–water partition coefficient (Wildman–Crippen LogP) is 3.21. The summed E-state index contributed by atoms with van der Waals surface area (Å²) in [5, 5.41) is 0.688. The van der Waals surface area contributed by atoms with E-state index in [1.165, 1.54) is 0 Å². The molecule has 6 heteroatoms. The molecule has 0 bridgehead atoms. The van der Waals surface area contributed by atoms with Crippen molar-refractivity contribution in [3.8, 4) is 0 Å². The number of guanidine groups is 1. The number of halogens is 1. The van der Waals surface area contributed by atoms with Gasteiger partial charge in [-0.2, -0.15) is 4.99 Å². The zero-order valence-electron chi connectivity index (χ0n) is 14.6. The first kappa shape index (κ1) is 19.9. The number of aryl methyl sites for hydroxylation is 1. The largest absolute Gasteiger partial charge is 0.370 e. The van der Waals surface area contributed by atoms with Crippen molar-refractivity contribution < 1.29 is 4.79 Å². The van der Waals surface area contributed by atoms with E-state index >= 15 is 0 Å². The molecule has 5 nitrogen and oxygen atoms in total. The average Bonchev–Trinajstić information content (AvgIpc) is 3.18. The minimum atomic E-state index is -0.499. The fourth-order valence-electron chi connectivity index (χ4n) is 2.47. The summed E-state index contributed by atoms with van der Waals surface area (Å²) in [5.74, 6) is -0.301. The van der Waals surface area contributed by atoms with Crippen molar-refractivity contribution in [1.82, 2.24) is 0 Å². The van der Waals surface area contributed by atoms with Crippen LogP contribution < -0.4 is 11.5 Å². The Bertz CT molecular complexity index is 647. The van der Waals surface area contributed by atoms with Gasteiger partial charge in [0.25, 0.3) is 5.91 Å². The maximum atomic E-state index is 11.9. The zero-order valence-corrected chi connectivity index (χ0v) is 15.3. The minimum absolute atomic E-state index is 0.144. The first-order valence-electron chi connectivity index (χ1n) is 7.69. The summed E-state index contributed by atoms with van der Waals surface area (Å²) in [7, 11) is 1.75. The molecule has 2 unspecified atom stereocenters. The van der Waals surface area contributed by atoms with E-state index < -0.39 is 5.41 Å². The summed E-state index contributed by atoms with van der Waals surface area (Å²) in [4.78, 5) is 19.3. The van der Waals surface area contributed by atoms with Gasteiger partial charge in [-0.25, -0.2) is 0 Å². The summed E-state index contributed by atoms with van der Waals surface area (Å²) in [6.07, 6.45) is 6.33. The van der Waals surface area contributed by atoms with Crippen LogP contribution in [0.4, 0.5) is 0 Å². The van der Waals surface area contributed by atoms with Crippen LogP contribution in [0.1, 0.15) is 37.3 Å². The standard InChI is InChI=1S/C13H16ClN3O.C5H9N/c1-7-3-8(5-9(14)4-7)10-6-13(10,2)11(18)17-12(15)16;1-3-4-5-6-2/h3-5,10H,6H2,1-2H3,(H4,15,16,17,18);3-5H,1-2H3/b;4-3-,6-5?. The van der Waals surface area contributed by atoms with Gasteiger partial charge < -0.3 is 11.5 Å². The number of hydrogen-bond acceptors (Lipinski definition) is 2. The minimum Gasteiger partial charge on any atom is -0.370 e. The molecule has 4 N–H and O–H groups in total. The lowest BCUT2D eigenvalue weighted by molar-refractivity contribution is -0.122. The molecular weight excluding hydrogens is 324 g/mol. The van der Waals surface area contributed by atoms with Gasteiger partial charge in [0.05, 0.1) is 5.41 Å². The molecule has 0 saturated heterocycles. The predicted molar refractivity (Wildman–Crippen MR) is 102 cm³/mol. The van der Waals surface area contributed by atoms with E-state index in [2.05, 4.69) is 9.98 Å². The lowest BCUT2D eigenvalue weighted by Gasteiger charge is -2.08. The molecule has 0 aromatic heterocycles. The summed E-state index contributed by atoms with van der Waals surface area (Å²) in [6.45, 7) is 5.82. The van der Waals surface area contributed by atoms with Crippen LogP contribution in [0, 0.1) is 12.3 Å². The van der Waals surface area contributed by atoms with Gasteiger partial charge >= 0.3 is 0 Å². The molecule has 1 aromatic carbocycles. The van der Waals surface area contributed by atoms with Crippen LogP contribution in [0.15, 0.2) is 40.3 Å². The van der Waals surface area contributed by atoms with Crippen molar-refractivity contribution in [3.05, 3.63) is 46.5 Å². The van der Waals surface area contributed by atoms with E-state index in [1.807, 2.05) is 51.1 Å². The molecule has 0 radical (unpaired) electrons. The third kappa shape index (κ3) is 5.49. The number of hydrogen-bond donors (Lipinski definition) is 2. The van der Waals surface area contributed by atoms with Crippen LogP contribution in [0.25, 0.3) is 0 Å². The van der Waals surface area contributed by atoms with E-state index in [0.29, 0.717) is 5.02 Å². The van der Waals surface area contributed by atoms with Gasteiger partial charge in [-0.3, -0.25) is 9.79 Å². The molecule has 0 spiro atoms. The van der Waals surface area contributed by atoms with Crippen molar-refractivity contribution in [2.45, 2.75) is 33.1 Å². The van der Waals surface area contributed by atoms with Crippen LogP contribution >= 0.6 is 11.6 Å². The molecule has 2 rings (SSSR count). The monoisotopic (exact) mass is 348 g/mol. The van der Waals surface area contributed by atoms with E-state index in [-0.39, 0.29) is 17.8 Å². The van der Waals surface area contributed by atoms with Crippen molar-refractivity contribution >= 4 is 29.7 Å². The molecule has 130 valence electrons. The topological polar surface area (TPSA) is 93.8 Å². The fraction of sp³-hybridized carbons (Fsp3) is 0.389. The Labute approximate surface area is 148 Å². The van der Waals surface area contributed by atoms with Crippen LogP contribution in [0.3, 0.4) is 0 Å². The van der Waals surface area contributed by atoms with Crippen molar-refractivity contribution in [2.24, 2.45) is 26.9 Å². The van der Waals surface area contributed by atoms with Crippen molar-refractivity contribution in [3.63, 3.8) is 0 Å². The van der Waals surface area contributed by atoms with Crippen LogP contribution in [0.5, 0.6) is 0 Å². The molecule has 0 heterocycles. The van der Waals surface area contributed by atoms with E-state index in [9.17, 15) is 4.79 Å². The quantitative estimate of drug-likeness (QED) is 0.648. The van der Waals surface area contributed by atoms with Gasteiger partial charge in [0.1, 0.15) is 0 Å². The Balaban J connectivity index is 0.000000413. The Morgan fingerprint density at radius 1 is 1.38 bits per heavy atom. The lowest BCUT2D eigenvalue weighted by atomic mass is 9.99. The molecule has 0 aliphatic heterocycles. The third-order valence-corrected chi connectivity index (χ3v) is 4.07. The molecule has 2 atom stereocenters. The lowest BCUT2D eigenvalue weighted by Crippen LogP contribution is -2.26. The number of nitrogens with zero attached hydrogens (tertiary/aromatic N) is 2. The smallest absolute Gasteiger partial charge is 0.255 e. The van der Waals surface area contributed by atoms with E-state index in [1.54, 1.807) is 13.3 Å². The van der Waals surface area contributed by atoms with E-state index in [4.69, 9.17) is 23.1 Å². The summed E-state index contributed by atoms with van der Waals surface area (Å²) in [5.41, 5.74) is 12.1. The molecule has 1 aliphatic rings. The number of amides is 1. The second-order valence-electron chi connectivity index (χ2n) is 6.01. The van der Waals surface area contributed by atoms with Gasteiger partial charge in [-0.15, -0.1) is 0 Å². The second-order valence-corrected chi connectivity index (χ2v) is 6.45. The van der Waals surface area contributed by atoms with E-state index in [0.717, 1.165) is 17.5 Å². The van der Waals surface area contributed by atoms with Crippen LogP contribution in [-0.4, -0.2) is 25.1 Å². The Morgan fingerprint density at radius 3 is 2.50 bits per heavy atom. The molecule has 1 amide bonds. The third-order valence-electron chi connectivity index (χ3n) is 3.85. The number of rotatable bonds is 3. The maximum absolute atomic E-state index is 11.9. The zero-order chi connectivity index (χ0) is 18.3. The van der Waals surface area contributed by atoms with Gasteiger partial charge in [-0.1, -0.05) is 30.7 Å². The number of carbonyl (C=O) groups is 1. The Hall–Kier alpha value is -2.14. The van der Waals surface area contributed by atoms with Crippen LogP contribution in [0.2, 0.25) is 5.02 Å². The normalized spacial score (nSPS) is 22.1. The summed E-state index contributed by atoms with van der Waals surface area (Å²) < 4.78 is 0. The highest BCUT2D eigenvalue weighted by molar-refractivity contribution is 6.30. The van der Waals surface area contributed by atoms with Gasteiger partial charge in [0, 0.05) is 18.3 Å². The second kappa shape index (κ2) is 8.64. The number of carbonyl (C=O) groups excluding carboxylic acids is 1. The SMILES string of the molecule is C/C=C\C=NC.Cc1cc(Cl)cc(C2CC2(C)C(=O)N=C(N)N)c1. The van der Waals surface area contributed by atoms with Gasteiger partial charge in [-0.05, 0) is 55.5 Å². The molecule has 1 aromatic rings. The van der Waals surface area contributed by atoms with Gasteiger partial charge in [0.2, 0.25) is 0 Å². The number of nitrogens with two attached hydrogens (primary N) is 2. The fourth-order valence-corrected chi connectivity index (χ4v) is 2.77. The molecule has 1 aliphatic carbocycles. The first-order chi connectivity index (χ1) is 11.2. The highest BCUT2D eigenvalue weighted by Crippen LogP contribution is 2.60. The van der Waals surface area contributed by atoms with Crippen molar-refractivity contribution in [2.75, 3.05) is 7.05 Å². The maximum Gasteiger partial charge on any atom is 0.255 e. The summed E-state index contributed by atoms with van der Waals surface area (Å²) in [6, 6.07) is 5.83. The van der Waals surface area contributed by atoms with Gasteiger partial charge in [0.15, 0.2) is 5.96 Å². The number of benzene rings is 1. The highest BCUT2D eigenvalue weighted by Gasteiger charge is 2.56. The van der Waals surface area contributed by atoms with Crippen molar-refractivity contribution in [1.29, 1.82) is 0 Å². The number of allylic oxidation sites excluding steroid dienone is 2. The average molecular weight is 349 g/mol. The molecular formula is C18H25ClN4O. The molecule has 1 fully saturated rings. The molecule has 1 saturated carbocycles. The van der Waals surface area contributed by atoms with Crippen LogP contribution in [-0.2, 0) is 4.79 Å².